The molecule has 3 heterocycles. The summed E-state index contributed by atoms with van der Waals surface area (Å²) in [6.07, 6.45) is 2.32. The fourth-order valence-electron chi connectivity index (χ4n) is 2.67. The van der Waals surface area contributed by atoms with Gasteiger partial charge in [0.05, 0.1) is 18.9 Å². The molecule has 1 aromatic rings. The summed E-state index contributed by atoms with van der Waals surface area (Å²) in [5.74, 6) is 0.833. The molecule has 1 saturated heterocycles. The lowest BCUT2D eigenvalue weighted by Gasteiger charge is -2.24. The van der Waals surface area contributed by atoms with Gasteiger partial charge in [-0.05, 0) is 19.8 Å². The molecule has 5 nitrogen and oxygen atoms in total. The number of rotatable bonds is 2. The van der Waals surface area contributed by atoms with Crippen LogP contribution in [0.2, 0.25) is 0 Å². The molecule has 0 aromatic carbocycles. The number of aromatic nitrogens is 2. The summed E-state index contributed by atoms with van der Waals surface area (Å²) in [5, 5.41) is 0. The number of hydrogen-bond acceptors (Lipinski definition) is 5. The van der Waals surface area contributed by atoms with E-state index in [4.69, 9.17) is 10.5 Å². The smallest absolute Gasteiger partial charge is 0.226 e. The molecule has 92 valence electrons. The van der Waals surface area contributed by atoms with Gasteiger partial charge in [-0.25, -0.2) is 9.97 Å². The molecule has 0 radical (unpaired) electrons. The van der Waals surface area contributed by atoms with Gasteiger partial charge in [-0.2, -0.15) is 0 Å². The largest absolute Gasteiger partial charge is 0.370 e. The molecule has 0 bridgehead atoms. The fourth-order valence-corrected chi connectivity index (χ4v) is 2.67. The van der Waals surface area contributed by atoms with Gasteiger partial charge in [0.15, 0.2) is 0 Å². The van der Waals surface area contributed by atoms with Crippen molar-refractivity contribution in [2.24, 2.45) is 5.73 Å². The molecule has 2 aliphatic heterocycles. The molecule has 0 aliphatic carbocycles. The third-order valence-corrected chi connectivity index (χ3v) is 3.68. The molecule has 5 heteroatoms. The van der Waals surface area contributed by atoms with Gasteiger partial charge < -0.3 is 15.4 Å². The van der Waals surface area contributed by atoms with E-state index in [2.05, 4.69) is 14.9 Å². The van der Waals surface area contributed by atoms with Crippen LogP contribution in [-0.4, -0.2) is 29.1 Å². The van der Waals surface area contributed by atoms with Crippen molar-refractivity contribution >= 4 is 5.95 Å². The summed E-state index contributed by atoms with van der Waals surface area (Å²) in [7, 11) is 0. The maximum absolute atomic E-state index is 5.79. The van der Waals surface area contributed by atoms with E-state index >= 15 is 0 Å². The van der Waals surface area contributed by atoms with Crippen LogP contribution in [0.3, 0.4) is 0 Å². The number of nitrogens with zero attached hydrogens (tertiary/aromatic N) is 3. The third kappa shape index (κ3) is 1.79. The van der Waals surface area contributed by atoms with Crippen LogP contribution in [0.15, 0.2) is 0 Å². The van der Waals surface area contributed by atoms with E-state index in [9.17, 15) is 0 Å². The first-order valence-electron chi connectivity index (χ1n) is 6.20. The van der Waals surface area contributed by atoms with E-state index < -0.39 is 0 Å². The number of anilines is 1. The molecule has 1 aromatic heterocycles. The summed E-state index contributed by atoms with van der Waals surface area (Å²) in [6, 6.07) is 0.398. The summed E-state index contributed by atoms with van der Waals surface area (Å²) in [5.41, 5.74) is 9.05. The third-order valence-electron chi connectivity index (χ3n) is 3.68. The first-order valence-corrected chi connectivity index (χ1v) is 6.20. The van der Waals surface area contributed by atoms with Crippen LogP contribution in [0.1, 0.15) is 29.8 Å². The Morgan fingerprint density at radius 2 is 2.29 bits per heavy atom. The molecule has 0 amide bonds. The first-order chi connectivity index (χ1) is 8.29. The van der Waals surface area contributed by atoms with Crippen LogP contribution in [0.25, 0.3) is 0 Å². The molecule has 0 spiro atoms. The number of ether oxygens (including phenoxy) is 1. The van der Waals surface area contributed by atoms with Crippen molar-refractivity contribution in [3.63, 3.8) is 0 Å². The normalized spacial score (nSPS) is 23.2. The Morgan fingerprint density at radius 3 is 3.12 bits per heavy atom. The van der Waals surface area contributed by atoms with Gasteiger partial charge in [-0.1, -0.05) is 0 Å². The first kappa shape index (κ1) is 10.9. The Kier molecular flexibility index (Phi) is 2.72. The van der Waals surface area contributed by atoms with Crippen molar-refractivity contribution in [1.29, 1.82) is 0 Å². The minimum Gasteiger partial charge on any atom is -0.370 e. The summed E-state index contributed by atoms with van der Waals surface area (Å²) >= 11 is 0. The zero-order chi connectivity index (χ0) is 11.8. The van der Waals surface area contributed by atoms with E-state index in [-0.39, 0.29) is 0 Å². The predicted molar refractivity (Wildman–Crippen MR) is 64.7 cm³/mol. The Bertz CT molecular complexity index is 435. The van der Waals surface area contributed by atoms with Crippen LogP contribution in [0.4, 0.5) is 5.95 Å². The van der Waals surface area contributed by atoms with Crippen molar-refractivity contribution in [3.8, 4) is 0 Å². The van der Waals surface area contributed by atoms with Gasteiger partial charge in [0.25, 0.3) is 0 Å². The Hall–Kier alpha value is -1.20. The number of hydrogen-bond donors (Lipinski definition) is 1. The summed E-state index contributed by atoms with van der Waals surface area (Å²) < 4.78 is 5.42. The van der Waals surface area contributed by atoms with E-state index in [0.29, 0.717) is 25.8 Å². The monoisotopic (exact) mass is 234 g/mol. The highest BCUT2D eigenvalue weighted by molar-refractivity contribution is 5.39. The topological polar surface area (TPSA) is 64.3 Å². The molecule has 1 atom stereocenters. The Labute approximate surface area is 101 Å². The fraction of sp³-hybridized carbons (Fsp3) is 0.667. The summed E-state index contributed by atoms with van der Waals surface area (Å²) in [6.45, 7) is 5.00. The van der Waals surface area contributed by atoms with E-state index in [1.165, 1.54) is 6.42 Å². The molecule has 3 rings (SSSR count). The van der Waals surface area contributed by atoms with Crippen LogP contribution in [0, 0.1) is 6.92 Å². The van der Waals surface area contributed by atoms with Crippen LogP contribution >= 0.6 is 0 Å². The van der Waals surface area contributed by atoms with Crippen molar-refractivity contribution in [2.75, 3.05) is 18.0 Å². The van der Waals surface area contributed by atoms with Gasteiger partial charge in [0.2, 0.25) is 5.95 Å². The zero-order valence-corrected chi connectivity index (χ0v) is 10.1. The quantitative estimate of drug-likeness (QED) is 0.817. The van der Waals surface area contributed by atoms with Gasteiger partial charge in [0, 0.05) is 30.4 Å². The maximum atomic E-state index is 5.79. The lowest BCUT2D eigenvalue weighted by Crippen LogP contribution is -2.36. The molecular weight excluding hydrogens is 216 g/mol. The number of aryl methyl sites for hydroxylation is 1. The van der Waals surface area contributed by atoms with Crippen LogP contribution in [0.5, 0.6) is 0 Å². The minimum atomic E-state index is 0.398. The average Bonchev–Trinajstić information content (AvgIpc) is 2.96. The lowest BCUT2D eigenvalue weighted by atomic mass is 10.2. The highest BCUT2D eigenvalue weighted by atomic mass is 16.5. The van der Waals surface area contributed by atoms with Crippen molar-refractivity contribution < 1.29 is 4.74 Å². The van der Waals surface area contributed by atoms with E-state index in [1.807, 2.05) is 6.92 Å². The van der Waals surface area contributed by atoms with E-state index in [0.717, 1.165) is 35.9 Å². The van der Waals surface area contributed by atoms with Gasteiger partial charge in [0.1, 0.15) is 0 Å². The van der Waals surface area contributed by atoms with Crippen LogP contribution < -0.4 is 10.6 Å². The molecule has 0 saturated carbocycles. The molecule has 2 N–H and O–H groups in total. The van der Waals surface area contributed by atoms with Crippen molar-refractivity contribution in [3.05, 3.63) is 17.0 Å². The second-order valence-electron chi connectivity index (χ2n) is 4.75. The maximum Gasteiger partial charge on any atom is 0.226 e. The minimum absolute atomic E-state index is 0.398. The van der Waals surface area contributed by atoms with E-state index in [1.54, 1.807) is 0 Å². The molecule has 1 unspecified atom stereocenters. The van der Waals surface area contributed by atoms with Gasteiger partial charge in [-0.3, -0.25) is 0 Å². The SMILES string of the molecule is Cc1nc(N2CCCC2CN)nc2c1COC2. The van der Waals surface area contributed by atoms with Gasteiger partial charge in [-0.15, -0.1) is 0 Å². The highest BCUT2D eigenvalue weighted by Gasteiger charge is 2.27. The summed E-state index contributed by atoms with van der Waals surface area (Å²) in [4.78, 5) is 11.5. The predicted octanol–water partition coefficient (Wildman–Crippen LogP) is 0.743. The zero-order valence-electron chi connectivity index (χ0n) is 10.1. The Morgan fingerprint density at radius 1 is 1.41 bits per heavy atom. The highest BCUT2D eigenvalue weighted by Crippen LogP contribution is 2.26. The average molecular weight is 234 g/mol. The number of fused-ring (bicyclic) bond motifs is 1. The van der Waals surface area contributed by atoms with Crippen molar-refractivity contribution in [1.82, 2.24) is 9.97 Å². The second kappa shape index (κ2) is 4.23. The van der Waals surface area contributed by atoms with Crippen molar-refractivity contribution in [2.45, 2.75) is 39.0 Å². The molecule has 1 fully saturated rings. The molecule has 2 aliphatic rings. The second-order valence-corrected chi connectivity index (χ2v) is 4.75. The molecule has 17 heavy (non-hydrogen) atoms. The lowest BCUT2D eigenvalue weighted by molar-refractivity contribution is 0.133. The van der Waals surface area contributed by atoms with Crippen LogP contribution in [-0.2, 0) is 18.0 Å². The van der Waals surface area contributed by atoms with Gasteiger partial charge >= 0.3 is 0 Å². The standard InChI is InChI=1S/C12H18N4O/c1-8-10-6-17-7-11(10)15-12(14-8)16-4-2-3-9(16)5-13/h9H,2-7,13H2,1H3. The Balaban J connectivity index is 1.96. The molecular formula is C12H18N4O. The number of nitrogens with two attached hydrogens (primary N) is 1.